The Bertz CT molecular complexity index is 1070. The van der Waals surface area contributed by atoms with E-state index in [1.807, 2.05) is 109 Å². The molecule has 0 amide bonds. The number of rotatable bonds is 6. The molecule has 0 aliphatic carbocycles. The van der Waals surface area contributed by atoms with Crippen molar-refractivity contribution in [2.75, 3.05) is 0 Å². The number of hydrogen-bond donors (Lipinski definition) is 0. The third-order valence-corrected chi connectivity index (χ3v) is 8.45. The van der Waals surface area contributed by atoms with E-state index >= 15 is 0 Å². The summed E-state index contributed by atoms with van der Waals surface area (Å²) in [5, 5.41) is 1.14. The van der Waals surface area contributed by atoms with Crippen molar-refractivity contribution < 1.29 is 0 Å². The molecule has 0 saturated carbocycles. The van der Waals surface area contributed by atoms with E-state index in [4.69, 9.17) is 46.4 Å². The number of benzene rings is 4. The van der Waals surface area contributed by atoms with E-state index in [9.17, 15) is 0 Å². The normalized spacial score (nSPS) is 15.1. The first-order valence-electron chi connectivity index (χ1n) is 9.64. The molecular weight excluding hydrogens is 486 g/mol. The fourth-order valence-electron chi connectivity index (χ4n) is 3.48. The first-order chi connectivity index (χ1) is 14.9. The zero-order valence-corrected chi connectivity index (χ0v) is 20.2. The minimum absolute atomic E-state index is 0.570. The quantitative estimate of drug-likeness (QED) is 0.236. The van der Waals surface area contributed by atoms with Crippen molar-refractivity contribution in [3.8, 4) is 0 Å². The minimum Gasteiger partial charge on any atom is -0.0967 e. The molecule has 0 nitrogen and oxygen atoms in total. The molecule has 0 radical (unpaired) electrons. The Hall–Kier alpha value is -1.61. The largest absolute Gasteiger partial charge is 0.143 e. The van der Waals surface area contributed by atoms with Gasteiger partial charge in [-0.1, -0.05) is 155 Å². The van der Waals surface area contributed by atoms with E-state index in [-0.39, 0.29) is 0 Å². The number of halogens is 4. The molecule has 0 bridgehead atoms. The summed E-state index contributed by atoms with van der Waals surface area (Å²) in [6.07, 6.45) is 0. The second-order valence-electron chi connectivity index (χ2n) is 6.98. The van der Waals surface area contributed by atoms with E-state index < -0.39 is 8.41 Å². The van der Waals surface area contributed by atoms with Crippen LogP contribution in [0, 0.1) is 0 Å². The average Bonchev–Trinajstić information content (AvgIpc) is 2.80. The molecule has 4 aromatic carbocycles. The van der Waals surface area contributed by atoms with Crippen molar-refractivity contribution in [1.29, 1.82) is 0 Å². The second-order valence-corrected chi connectivity index (χ2v) is 10.8. The standard InChI is InChI=1S/C26H18Cl4S/c27-23-17-9-7-15-21(23)25(29,19-11-3-1-4-12-19)31-26(30,20-13-5-2-6-14-20)22-16-8-10-18-24(22)28/h1-18H. The molecule has 4 aromatic rings. The van der Waals surface area contributed by atoms with Gasteiger partial charge in [-0.05, 0) is 23.3 Å². The molecule has 0 N–H and O–H groups in total. The van der Waals surface area contributed by atoms with Gasteiger partial charge in [0.2, 0.25) is 0 Å². The summed E-state index contributed by atoms with van der Waals surface area (Å²) in [4.78, 5) is 0. The summed E-state index contributed by atoms with van der Waals surface area (Å²) in [6, 6.07) is 34.8. The van der Waals surface area contributed by atoms with Gasteiger partial charge in [0, 0.05) is 21.2 Å². The van der Waals surface area contributed by atoms with E-state index in [0.29, 0.717) is 10.0 Å². The van der Waals surface area contributed by atoms with Crippen LogP contribution in [0.3, 0.4) is 0 Å². The Morgan fingerprint density at radius 2 is 0.774 bits per heavy atom. The molecule has 2 atom stereocenters. The van der Waals surface area contributed by atoms with Gasteiger partial charge in [0.25, 0.3) is 0 Å². The lowest BCUT2D eigenvalue weighted by Crippen LogP contribution is -2.27. The van der Waals surface area contributed by atoms with Crippen LogP contribution in [-0.4, -0.2) is 0 Å². The van der Waals surface area contributed by atoms with Gasteiger partial charge in [-0.2, -0.15) is 0 Å². The maximum absolute atomic E-state index is 7.48. The average molecular weight is 504 g/mol. The first kappa shape index (κ1) is 22.6. The Kier molecular flexibility index (Phi) is 6.91. The van der Waals surface area contributed by atoms with Crippen LogP contribution < -0.4 is 0 Å². The molecule has 156 valence electrons. The zero-order valence-electron chi connectivity index (χ0n) is 16.3. The van der Waals surface area contributed by atoms with Crippen LogP contribution in [0.5, 0.6) is 0 Å². The van der Waals surface area contributed by atoms with Crippen molar-refractivity contribution >= 4 is 58.2 Å². The number of alkyl halides is 2. The predicted molar refractivity (Wildman–Crippen MR) is 137 cm³/mol. The predicted octanol–water partition coefficient (Wildman–Crippen LogP) is 9.31. The highest BCUT2D eigenvalue weighted by Gasteiger charge is 2.46. The van der Waals surface area contributed by atoms with Gasteiger partial charge in [0.1, 0.15) is 8.41 Å². The molecule has 0 saturated heterocycles. The SMILES string of the molecule is Clc1ccccc1C(Cl)(SC(Cl)(c1ccccc1)c1ccccc1Cl)c1ccccc1. The van der Waals surface area contributed by atoms with Crippen LogP contribution in [0.15, 0.2) is 109 Å². The highest BCUT2D eigenvalue weighted by atomic mass is 35.5. The smallest absolute Gasteiger partial charge is 0.0967 e. The molecule has 0 heterocycles. The van der Waals surface area contributed by atoms with E-state index in [2.05, 4.69) is 0 Å². The van der Waals surface area contributed by atoms with Crippen molar-refractivity contribution in [1.82, 2.24) is 0 Å². The summed E-state index contributed by atoms with van der Waals surface area (Å²) in [7, 11) is 0. The topological polar surface area (TPSA) is 0 Å². The fourth-order valence-corrected chi connectivity index (χ4v) is 7.11. The Morgan fingerprint density at radius 1 is 0.452 bits per heavy atom. The van der Waals surface area contributed by atoms with Gasteiger partial charge in [-0.25, -0.2) is 0 Å². The van der Waals surface area contributed by atoms with Crippen LogP contribution in [0.4, 0.5) is 0 Å². The van der Waals surface area contributed by atoms with Crippen LogP contribution >= 0.6 is 58.2 Å². The Labute approximate surface area is 207 Å². The summed E-state index contributed by atoms with van der Waals surface area (Å²) in [5.74, 6) is 0. The van der Waals surface area contributed by atoms with Gasteiger partial charge in [0.05, 0.1) is 0 Å². The highest BCUT2D eigenvalue weighted by molar-refractivity contribution is 8.03. The molecule has 31 heavy (non-hydrogen) atoms. The van der Waals surface area contributed by atoms with E-state index in [1.165, 1.54) is 11.8 Å². The van der Waals surface area contributed by atoms with Crippen molar-refractivity contribution in [3.05, 3.63) is 141 Å². The maximum Gasteiger partial charge on any atom is 0.143 e. The third-order valence-electron chi connectivity index (χ3n) is 5.01. The summed E-state index contributed by atoms with van der Waals surface area (Å²) in [6.45, 7) is 0. The van der Waals surface area contributed by atoms with Crippen LogP contribution in [0.25, 0.3) is 0 Å². The summed E-state index contributed by atoms with van der Waals surface area (Å²) < 4.78 is -2.15. The third kappa shape index (κ3) is 4.49. The highest BCUT2D eigenvalue weighted by Crippen LogP contribution is 2.61. The molecule has 5 heteroatoms. The number of hydrogen-bond acceptors (Lipinski definition) is 1. The fraction of sp³-hybridized carbons (Fsp3) is 0.0769. The molecule has 0 fully saturated rings. The molecule has 0 aromatic heterocycles. The molecule has 0 aliphatic rings. The van der Waals surface area contributed by atoms with Crippen LogP contribution in [0.2, 0.25) is 10.0 Å². The zero-order chi connectivity index (χ0) is 21.9. The van der Waals surface area contributed by atoms with Crippen LogP contribution in [0.1, 0.15) is 22.3 Å². The lowest BCUT2D eigenvalue weighted by Gasteiger charge is -2.38. The lowest BCUT2D eigenvalue weighted by atomic mass is 10.0. The second kappa shape index (κ2) is 9.48. The van der Waals surface area contributed by atoms with E-state index in [1.54, 1.807) is 0 Å². The molecule has 0 aliphatic heterocycles. The number of thioether (sulfide) groups is 1. The molecular formula is C26H18Cl4S. The van der Waals surface area contributed by atoms with E-state index in [0.717, 1.165) is 22.3 Å². The Morgan fingerprint density at radius 3 is 1.13 bits per heavy atom. The van der Waals surface area contributed by atoms with Gasteiger partial charge in [-0.15, -0.1) is 0 Å². The lowest BCUT2D eigenvalue weighted by molar-refractivity contribution is 0.989. The van der Waals surface area contributed by atoms with Gasteiger partial charge in [0.15, 0.2) is 0 Å². The maximum atomic E-state index is 7.48. The molecule has 2 unspecified atom stereocenters. The first-order valence-corrected chi connectivity index (χ1v) is 12.0. The molecule has 0 spiro atoms. The Balaban J connectivity index is 1.97. The summed E-state index contributed by atoms with van der Waals surface area (Å²) >= 11 is 29.7. The molecule has 4 rings (SSSR count). The van der Waals surface area contributed by atoms with Gasteiger partial charge < -0.3 is 0 Å². The monoisotopic (exact) mass is 502 g/mol. The van der Waals surface area contributed by atoms with Gasteiger partial charge in [-0.3, -0.25) is 0 Å². The van der Waals surface area contributed by atoms with Gasteiger partial charge >= 0.3 is 0 Å². The van der Waals surface area contributed by atoms with Crippen molar-refractivity contribution in [2.24, 2.45) is 0 Å². The summed E-state index contributed by atoms with van der Waals surface area (Å²) in [5.41, 5.74) is 3.29. The minimum atomic E-state index is -1.07. The van der Waals surface area contributed by atoms with Crippen molar-refractivity contribution in [2.45, 2.75) is 8.41 Å². The van der Waals surface area contributed by atoms with Crippen molar-refractivity contribution in [3.63, 3.8) is 0 Å². The van der Waals surface area contributed by atoms with Crippen LogP contribution in [-0.2, 0) is 8.41 Å².